The van der Waals surface area contributed by atoms with E-state index in [9.17, 15) is 9.59 Å². The SMILES string of the molecule is CCC(NC(=O)c1c[nH]c(C)cc1=O)(C1CC1)C1CC1. The molecule has 2 saturated carbocycles. The Morgan fingerprint density at radius 1 is 1.35 bits per heavy atom. The van der Waals surface area contributed by atoms with Gasteiger partial charge in [-0.25, -0.2) is 0 Å². The van der Waals surface area contributed by atoms with Gasteiger partial charge in [0.1, 0.15) is 5.56 Å². The van der Waals surface area contributed by atoms with E-state index in [-0.39, 0.29) is 22.4 Å². The number of amides is 1. The van der Waals surface area contributed by atoms with Gasteiger partial charge < -0.3 is 10.3 Å². The van der Waals surface area contributed by atoms with E-state index >= 15 is 0 Å². The molecule has 1 heterocycles. The Kier molecular flexibility index (Phi) is 3.19. The zero-order valence-electron chi connectivity index (χ0n) is 12.2. The molecule has 4 nitrogen and oxygen atoms in total. The molecule has 1 aromatic rings. The number of aromatic amines is 1. The topological polar surface area (TPSA) is 62.0 Å². The highest BCUT2D eigenvalue weighted by atomic mass is 16.2. The molecule has 0 saturated heterocycles. The minimum absolute atomic E-state index is 0.0750. The number of hydrogen-bond donors (Lipinski definition) is 2. The van der Waals surface area contributed by atoms with Gasteiger partial charge in [0, 0.05) is 23.5 Å². The minimum Gasteiger partial charge on any atom is -0.364 e. The highest BCUT2D eigenvalue weighted by Gasteiger charge is 2.53. The molecule has 3 rings (SSSR count). The molecule has 1 amide bonds. The number of nitrogens with one attached hydrogen (secondary N) is 2. The van der Waals surface area contributed by atoms with Crippen LogP contribution < -0.4 is 10.7 Å². The summed E-state index contributed by atoms with van der Waals surface area (Å²) in [7, 11) is 0. The van der Waals surface area contributed by atoms with E-state index in [1.165, 1.54) is 37.9 Å². The number of rotatable bonds is 5. The van der Waals surface area contributed by atoms with Crippen LogP contribution in [0.15, 0.2) is 17.1 Å². The van der Waals surface area contributed by atoms with Crippen molar-refractivity contribution in [1.82, 2.24) is 10.3 Å². The maximum Gasteiger partial charge on any atom is 0.257 e. The number of aromatic nitrogens is 1. The van der Waals surface area contributed by atoms with Crippen molar-refractivity contribution >= 4 is 5.91 Å². The molecular formula is C16H22N2O2. The third-order valence-corrected chi connectivity index (χ3v) is 4.84. The van der Waals surface area contributed by atoms with Gasteiger partial charge in [0.15, 0.2) is 5.43 Å². The molecule has 2 aliphatic rings. The van der Waals surface area contributed by atoms with E-state index in [1.54, 1.807) is 0 Å². The number of carbonyl (C=O) groups is 1. The molecule has 2 aliphatic carbocycles. The maximum absolute atomic E-state index is 12.5. The molecule has 0 spiro atoms. The summed E-state index contributed by atoms with van der Waals surface area (Å²) in [5.74, 6) is 0.994. The first-order chi connectivity index (χ1) is 9.56. The van der Waals surface area contributed by atoms with E-state index in [0.29, 0.717) is 11.8 Å². The van der Waals surface area contributed by atoms with Crippen molar-refractivity contribution in [1.29, 1.82) is 0 Å². The van der Waals surface area contributed by atoms with Crippen LogP contribution in [0.2, 0.25) is 0 Å². The van der Waals surface area contributed by atoms with Crippen molar-refractivity contribution < 1.29 is 4.79 Å². The van der Waals surface area contributed by atoms with Gasteiger partial charge in [-0.3, -0.25) is 9.59 Å². The third-order valence-electron chi connectivity index (χ3n) is 4.84. The van der Waals surface area contributed by atoms with E-state index in [1.807, 2.05) is 6.92 Å². The maximum atomic E-state index is 12.5. The summed E-state index contributed by atoms with van der Waals surface area (Å²) in [6.07, 6.45) is 7.30. The van der Waals surface area contributed by atoms with Crippen molar-refractivity contribution in [2.24, 2.45) is 11.8 Å². The number of carbonyl (C=O) groups excluding carboxylic acids is 1. The fourth-order valence-corrected chi connectivity index (χ4v) is 3.43. The van der Waals surface area contributed by atoms with Gasteiger partial charge in [0.05, 0.1) is 0 Å². The second kappa shape index (κ2) is 4.76. The first kappa shape index (κ1) is 13.4. The number of pyridine rings is 1. The van der Waals surface area contributed by atoms with E-state index in [0.717, 1.165) is 12.1 Å². The first-order valence-electron chi connectivity index (χ1n) is 7.58. The van der Waals surface area contributed by atoms with Crippen LogP contribution in [0.25, 0.3) is 0 Å². The van der Waals surface area contributed by atoms with Gasteiger partial charge in [-0.1, -0.05) is 6.92 Å². The first-order valence-corrected chi connectivity index (χ1v) is 7.58. The highest BCUT2D eigenvalue weighted by molar-refractivity contribution is 5.94. The largest absolute Gasteiger partial charge is 0.364 e. The second-order valence-electron chi connectivity index (χ2n) is 6.29. The molecule has 0 aromatic carbocycles. The third kappa shape index (κ3) is 2.28. The molecule has 0 unspecified atom stereocenters. The van der Waals surface area contributed by atoms with E-state index in [2.05, 4.69) is 17.2 Å². The summed E-state index contributed by atoms with van der Waals surface area (Å²) in [5.41, 5.74) is 0.733. The predicted molar refractivity (Wildman–Crippen MR) is 77.7 cm³/mol. The molecule has 0 bridgehead atoms. The van der Waals surface area contributed by atoms with Gasteiger partial charge in [0.2, 0.25) is 0 Å². The Morgan fingerprint density at radius 2 is 1.95 bits per heavy atom. The fourth-order valence-electron chi connectivity index (χ4n) is 3.43. The summed E-state index contributed by atoms with van der Waals surface area (Å²) in [6.45, 7) is 3.96. The number of hydrogen-bond acceptors (Lipinski definition) is 2. The quantitative estimate of drug-likeness (QED) is 0.866. The molecule has 0 aliphatic heterocycles. The lowest BCUT2D eigenvalue weighted by Gasteiger charge is -2.34. The van der Waals surface area contributed by atoms with Gasteiger partial charge in [-0.15, -0.1) is 0 Å². The van der Waals surface area contributed by atoms with Crippen LogP contribution in [-0.4, -0.2) is 16.4 Å². The molecule has 0 radical (unpaired) electrons. The standard InChI is InChI=1S/C16H22N2O2/c1-3-16(11-4-5-11,12-6-7-12)18-15(20)13-9-17-10(2)8-14(13)19/h8-9,11-12H,3-7H2,1-2H3,(H,17,19)(H,18,20). The molecule has 0 atom stereocenters. The van der Waals surface area contributed by atoms with Crippen molar-refractivity contribution in [3.8, 4) is 0 Å². The van der Waals surface area contributed by atoms with Crippen molar-refractivity contribution in [2.75, 3.05) is 0 Å². The average molecular weight is 274 g/mol. The summed E-state index contributed by atoms with van der Waals surface area (Å²) in [4.78, 5) is 27.4. The predicted octanol–water partition coefficient (Wildman–Crippen LogP) is 2.38. The molecule has 2 fully saturated rings. The molecule has 1 aromatic heterocycles. The lowest BCUT2D eigenvalue weighted by atomic mass is 9.84. The minimum atomic E-state index is -0.216. The normalized spacial score (nSPS) is 18.9. The van der Waals surface area contributed by atoms with Gasteiger partial charge >= 0.3 is 0 Å². The lowest BCUT2D eigenvalue weighted by molar-refractivity contribution is 0.0858. The fraction of sp³-hybridized carbons (Fsp3) is 0.625. The Bertz CT molecular complexity index is 570. The highest BCUT2D eigenvalue weighted by Crippen LogP contribution is 2.53. The monoisotopic (exact) mass is 274 g/mol. The zero-order valence-corrected chi connectivity index (χ0v) is 12.2. The van der Waals surface area contributed by atoms with Crippen LogP contribution in [0.4, 0.5) is 0 Å². The van der Waals surface area contributed by atoms with Crippen LogP contribution in [0, 0.1) is 18.8 Å². The second-order valence-corrected chi connectivity index (χ2v) is 6.29. The van der Waals surface area contributed by atoms with Crippen LogP contribution >= 0.6 is 0 Å². The summed E-state index contributed by atoms with van der Waals surface area (Å²) < 4.78 is 0. The Morgan fingerprint density at radius 3 is 2.40 bits per heavy atom. The van der Waals surface area contributed by atoms with Crippen LogP contribution in [0.3, 0.4) is 0 Å². The summed E-state index contributed by atoms with van der Waals surface area (Å²) in [5, 5.41) is 3.22. The number of aryl methyl sites for hydroxylation is 1. The summed E-state index contributed by atoms with van der Waals surface area (Å²) >= 11 is 0. The Labute approximate surface area is 119 Å². The zero-order chi connectivity index (χ0) is 14.3. The van der Waals surface area contributed by atoms with E-state index < -0.39 is 0 Å². The number of H-pyrrole nitrogens is 1. The Hall–Kier alpha value is -1.58. The van der Waals surface area contributed by atoms with E-state index in [4.69, 9.17) is 0 Å². The van der Waals surface area contributed by atoms with Crippen molar-refractivity contribution in [3.63, 3.8) is 0 Å². The summed E-state index contributed by atoms with van der Waals surface area (Å²) in [6, 6.07) is 1.48. The average Bonchev–Trinajstić information content (AvgIpc) is 3.28. The molecule has 4 heteroatoms. The molecule has 108 valence electrons. The van der Waals surface area contributed by atoms with Crippen molar-refractivity contribution in [3.05, 3.63) is 33.7 Å². The van der Waals surface area contributed by atoms with Crippen LogP contribution in [0.1, 0.15) is 55.1 Å². The van der Waals surface area contributed by atoms with Crippen LogP contribution in [0.5, 0.6) is 0 Å². The lowest BCUT2D eigenvalue weighted by Crippen LogP contribution is -2.52. The molecular weight excluding hydrogens is 252 g/mol. The Balaban J connectivity index is 1.85. The van der Waals surface area contributed by atoms with Gasteiger partial charge in [-0.2, -0.15) is 0 Å². The molecule has 2 N–H and O–H groups in total. The van der Waals surface area contributed by atoms with Crippen molar-refractivity contribution in [2.45, 2.75) is 51.5 Å². The smallest absolute Gasteiger partial charge is 0.257 e. The molecule has 20 heavy (non-hydrogen) atoms. The van der Waals surface area contributed by atoms with Crippen LogP contribution in [-0.2, 0) is 0 Å². The van der Waals surface area contributed by atoms with Gasteiger partial charge in [0.25, 0.3) is 5.91 Å². The van der Waals surface area contributed by atoms with Gasteiger partial charge in [-0.05, 0) is 50.9 Å².